The zero-order valence-corrected chi connectivity index (χ0v) is 10.3. The second-order valence-corrected chi connectivity index (χ2v) is 4.57. The lowest BCUT2D eigenvalue weighted by Crippen LogP contribution is -1.86. The fourth-order valence-corrected chi connectivity index (χ4v) is 1.81. The highest BCUT2D eigenvalue weighted by Gasteiger charge is 1.96. The summed E-state index contributed by atoms with van der Waals surface area (Å²) in [6, 6.07) is 0. The van der Waals surface area contributed by atoms with Crippen molar-refractivity contribution in [2.75, 3.05) is 0 Å². The van der Waals surface area contributed by atoms with Crippen molar-refractivity contribution in [2.24, 2.45) is 0 Å². The molecule has 0 spiro atoms. The molecule has 15 heavy (non-hydrogen) atoms. The summed E-state index contributed by atoms with van der Waals surface area (Å²) in [5, 5.41) is 0. The molecule has 0 amide bonds. The standard InChI is InChI=1S/C15H23/c1-13-7-4-9-14(2)11-6-12-15(3)10-5-8-13/h7-9,12H,4-6,10-11H2,1-3H3/b13-7+,14-9-,15-12-. The monoisotopic (exact) mass is 203 g/mol. The molecule has 0 bridgehead atoms. The molecule has 83 valence electrons. The van der Waals surface area contributed by atoms with Crippen molar-refractivity contribution in [1.29, 1.82) is 0 Å². The Labute approximate surface area is 94.8 Å². The first kappa shape index (κ1) is 12.3. The van der Waals surface area contributed by atoms with Crippen molar-refractivity contribution in [3.63, 3.8) is 0 Å². The van der Waals surface area contributed by atoms with Gasteiger partial charge in [-0.25, -0.2) is 0 Å². The molecular weight excluding hydrogens is 180 g/mol. The Balaban J connectivity index is 2.62. The minimum atomic E-state index is 1.09. The first-order valence-corrected chi connectivity index (χ1v) is 5.99. The molecule has 1 rings (SSSR count). The summed E-state index contributed by atoms with van der Waals surface area (Å²) in [4.78, 5) is 0. The van der Waals surface area contributed by atoms with E-state index in [2.05, 4.69) is 45.4 Å². The van der Waals surface area contributed by atoms with Gasteiger partial charge < -0.3 is 0 Å². The lowest BCUT2D eigenvalue weighted by molar-refractivity contribution is 0.888. The van der Waals surface area contributed by atoms with Crippen LogP contribution in [0.15, 0.2) is 34.9 Å². The van der Waals surface area contributed by atoms with Crippen LogP contribution >= 0.6 is 0 Å². The van der Waals surface area contributed by atoms with Gasteiger partial charge in [0.25, 0.3) is 0 Å². The first-order valence-electron chi connectivity index (χ1n) is 5.99. The predicted molar refractivity (Wildman–Crippen MR) is 68.7 cm³/mol. The molecule has 0 heterocycles. The van der Waals surface area contributed by atoms with Crippen molar-refractivity contribution in [1.82, 2.24) is 0 Å². The minimum absolute atomic E-state index is 1.09. The third-order valence-electron chi connectivity index (χ3n) is 2.94. The van der Waals surface area contributed by atoms with Crippen LogP contribution in [-0.2, 0) is 0 Å². The Morgan fingerprint density at radius 2 is 1.47 bits per heavy atom. The van der Waals surface area contributed by atoms with Gasteiger partial charge >= 0.3 is 0 Å². The summed E-state index contributed by atoms with van der Waals surface area (Å²) in [5.41, 5.74) is 4.48. The maximum atomic E-state index is 2.39. The van der Waals surface area contributed by atoms with Crippen molar-refractivity contribution < 1.29 is 0 Å². The molecule has 0 N–H and O–H groups in total. The topological polar surface area (TPSA) is 0 Å². The van der Waals surface area contributed by atoms with Gasteiger partial charge in [0, 0.05) is 0 Å². The summed E-state index contributed by atoms with van der Waals surface area (Å²) in [7, 11) is 0. The summed E-state index contributed by atoms with van der Waals surface area (Å²) < 4.78 is 0. The van der Waals surface area contributed by atoms with Crippen LogP contribution in [0.2, 0.25) is 0 Å². The van der Waals surface area contributed by atoms with Crippen molar-refractivity contribution >= 4 is 0 Å². The number of rotatable bonds is 0. The highest BCUT2D eigenvalue weighted by atomic mass is 14.0. The van der Waals surface area contributed by atoms with Crippen molar-refractivity contribution in [3.05, 3.63) is 41.4 Å². The second kappa shape index (κ2) is 6.66. The van der Waals surface area contributed by atoms with Crippen LogP contribution in [0, 0.1) is 6.42 Å². The van der Waals surface area contributed by atoms with Gasteiger partial charge in [-0.1, -0.05) is 34.9 Å². The molecule has 0 atom stereocenters. The fraction of sp³-hybridized carbons (Fsp3) is 0.533. The quantitative estimate of drug-likeness (QED) is 0.486. The summed E-state index contributed by atoms with van der Waals surface area (Å²) in [6.07, 6.45) is 15.3. The zero-order chi connectivity index (χ0) is 11.1. The SMILES string of the molecule is C/C1=C/CC/C(C)=C\C/C=C(\C)[CH]CC1. The molecule has 0 heteroatoms. The largest absolute Gasteiger partial charge is 0.0853 e. The van der Waals surface area contributed by atoms with E-state index in [1.165, 1.54) is 42.4 Å². The van der Waals surface area contributed by atoms with E-state index in [1.54, 1.807) is 0 Å². The number of hydrogen-bond donors (Lipinski definition) is 0. The Morgan fingerprint density at radius 1 is 0.800 bits per heavy atom. The highest BCUT2D eigenvalue weighted by molar-refractivity contribution is 5.15. The van der Waals surface area contributed by atoms with Gasteiger partial charge in [-0.05, 0) is 59.3 Å². The maximum absolute atomic E-state index is 2.39. The Hall–Kier alpha value is -0.780. The van der Waals surface area contributed by atoms with Gasteiger partial charge in [-0.15, -0.1) is 0 Å². The van der Waals surface area contributed by atoms with Crippen molar-refractivity contribution in [3.8, 4) is 0 Å². The first-order chi connectivity index (χ1) is 7.18. The molecule has 0 aromatic carbocycles. The molecule has 0 aromatic rings. The van der Waals surface area contributed by atoms with Gasteiger partial charge in [-0.3, -0.25) is 0 Å². The van der Waals surface area contributed by atoms with Crippen molar-refractivity contribution in [2.45, 2.75) is 52.9 Å². The smallest absolute Gasteiger partial charge is 0.0137 e. The Kier molecular flexibility index (Phi) is 5.45. The lowest BCUT2D eigenvalue weighted by atomic mass is 10.0. The van der Waals surface area contributed by atoms with Crippen LogP contribution in [0.1, 0.15) is 52.9 Å². The summed E-state index contributed by atoms with van der Waals surface area (Å²) in [5.74, 6) is 0. The third-order valence-corrected chi connectivity index (χ3v) is 2.94. The molecule has 0 saturated heterocycles. The van der Waals surface area contributed by atoms with Gasteiger partial charge in [0.2, 0.25) is 0 Å². The summed E-state index contributed by atoms with van der Waals surface area (Å²) >= 11 is 0. The van der Waals surface area contributed by atoms with E-state index in [1.807, 2.05) is 0 Å². The number of allylic oxidation sites excluding steroid dienone is 6. The molecule has 0 nitrogen and oxygen atoms in total. The van der Waals surface area contributed by atoms with Crippen LogP contribution < -0.4 is 0 Å². The molecule has 0 fully saturated rings. The van der Waals surface area contributed by atoms with Crippen LogP contribution in [-0.4, -0.2) is 0 Å². The summed E-state index contributed by atoms with van der Waals surface area (Å²) in [6.45, 7) is 6.69. The fourth-order valence-electron chi connectivity index (χ4n) is 1.81. The Bertz CT molecular complexity index is 276. The van der Waals surface area contributed by atoms with E-state index in [-0.39, 0.29) is 0 Å². The van der Waals surface area contributed by atoms with Gasteiger partial charge in [0.15, 0.2) is 0 Å². The van der Waals surface area contributed by atoms with E-state index in [0.29, 0.717) is 0 Å². The van der Waals surface area contributed by atoms with E-state index in [4.69, 9.17) is 0 Å². The van der Waals surface area contributed by atoms with E-state index < -0.39 is 0 Å². The average molecular weight is 203 g/mol. The highest BCUT2D eigenvalue weighted by Crippen LogP contribution is 2.15. The average Bonchev–Trinajstić information content (AvgIpc) is 2.16. The third kappa shape index (κ3) is 5.61. The molecule has 1 radical (unpaired) electrons. The normalized spacial score (nSPS) is 31.0. The lowest BCUT2D eigenvalue weighted by Gasteiger charge is -2.05. The second-order valence-electron chi connectivity index (χ2n) is 4.57. The van der Waals surface area contributed by atoms with Gasteiger partial charge in [0.1, 0.15) is 0 Å². The van der Waals surface area contributed by atoms with Crippen LogP contribution in [0.5, 0.6) is 0 Å². The minimum Gasteiger partial charge on any atom is -0.0853 e. The number of hydrogen-bond acceptors (Lipinski definition) is 0. The van der Waals surface area contributed by atoms with Crippen LogP contribution in [0.4, 0.5) is 0 Å². The van der Waals surface area contributed by atoms with E-state index in [0.717, 1.165) is 6.42 Å². The van der Waals surface area contributed by atoms with Crippen LogP contribution in [0.3, 0.4) is 0 Å². The predicted octanol–water partition coefficient (Wildman–Crippen LogP) is 4.99. The molecular formula is C15H23. The molecule has 1 aliphatic carbocycles. The van der Waals surface area contributed by atoms with E-state index in [9.17, 15) is 0 Å². The molecule has 0 saturated carbocycles. The van der Waals surface area contributed by atoms with Gasteiger partial charge in [-0.2, -0.15) is 0 Å². The maximum Gasteiger partial charge on any atom is -0.0137 e. The molecule has 0 aromatic heterocycles. The Morgan fingerprint density at radius 3 is 2.27 bits per heavy atom. The molecule has 1 aliphatic rings. The zero-order valence-electron chi connectivity index (χ0n) is 10.3. The molecule has 0 unspecified atom stereocenters. The van der Waals surface area contributed by atoms with Crippen LogP contribution in [0.25, 0.3) is 0 Å². The van der Waals surface area contributed by atoms with E-state index >= 15 is 0 Å². The molecule has 0 aliphatic heterocycles. The van der Waals surface area contributed by atoms with Gasteiger partial charge in [0.05, 0.1) is 0 Å².